The molecule has 4 nitrogen and oxygen atoms in total. The van der Waals surface area contributed by atoms with Crippen LogP contribution in [0, 0.1) is 5.82 Å². The van der Waals surface area contributed by atoms with Crippen molar-refractivity contribution in [2.45, 2.75) is 6.42 Å². The van der Waals surface area contributed by atoms with Gasteiger partial charge in [0.05, 0.1) is 10.6 Å². The Morgan fingerprint density at radius 1 is 1.08 bits per heavy atom. The van der Waals surface area contributed by atoms with E-state index in [4.69, 9.17) is 11.6 Å². The van der Waals surface area contributed by atoms with Crippen LogP contribution in [0.2, 0.25) is 5.02 Å². The van der Waals surface area contributed by atoms with Gasteiger partial charge in [0.1, 0.15) is 11.6 Å². The second-order valence-electron chi connectivity index (χ2n) is 5.68. The molecule has 2 aromatic carbocycles. The van der Waals surface area contributed by atoms with Crippen molar-refractivity contribution in [1.82, 2.24) is 4.98 Å². The van der Waals surface area contributed by atoms with Crippen LogP contribution in [0.1, 0.15) is 15.9 Å². The number of rotatable bonds is 6. The fraction of sp³-hybridized carbons (Fsp3) is 0.100. The molecule has 0 spiro atoms. The van der Waals surface area contributed by atoms with E-state index in [1.165, 1.54) is 30.0 Å². The lowest BCUT2D eigenvalue weighted by atomic mass is 10.1. The van der Waals surface area contributed by atoms with Gasteiger partial charge in [0, 0.05) is 18.4 Å². The Balaban J connectivity index is 1.54. The topological polar surface area (TPSA) is 54.0 Å². The molecule has 0 aliphatic heterocycles. The Kier molecular flexibility index (Phi) is 5.81. The number of anilines is 2. The molecule has 0 atom stereocenters. The molecule has 0 fully saturated rings. The van der Waals surface area contributed by atoms with Crippen molar-refractivity contribution in [3.63, 3.8) is 0 Å². The number of hydrogen-bond acceptors (Lipinski definition) is 3. The number of pyridine rings is 1. The zero-order valence-corrected chi connectivity index (χ0v) is 14.6. The Bertz CT molecular complexity index is 885. The number of carbonyl (C=O) groups is 1. The second-order valence-corrected chi connectivity index (χ2v) is 6.08. The minimum atomic E-state index is -0.530. The van der Waals surface area contributed by atoms with Gasteiger partial charge in [-0.1, -0.05) is 41.9 Å². The van der Waals surface area contributed by atoms with Crippen molar-refractivity contribution < 1.29 is 9.18 Å². The fourth-order valence-corrected chi connectivity index (χ4v) is 2.57. The largest absolute Gasteiger partial charge is 0.370 e. The van der Waals surface area contributed by atoms with Crippen molar-refractivity contribution in [1.29, 1.82) is 0 Å². The highest BCUT2D eigenvalue weighted by Gasteiger charge is 2.08. The lowest BCUT2D eigenvalue weighted by Crippen LogP contribution is -2.13. The van der Waals surface area contributed by atoms with E-state index in [9.17, 15) is 9.18 Å². The maximum absolute atomic E-state index is 13.2. The summed E-state index contributed by atoms with van der Waals surface area (Å²) in [5.41, 5.74) is 2.07. The summed E-state index contributed by atoms with van der Waals surface area (Å²) in [5, 5.41) is 5.84. The number of amides is 1. The summed E-state index contributed by atoms with van der Waals surface area (Å²) in [6, 6.07) is 17.6. The molecule has 0 radical (unpaired) electrons. The van der Waals surface area contributed by atoms with Crippen molar-refractivity contribution in [2.75, 3.05) is 17.2 Å². The van der Waals surface area contributed by atoms with Crippen LogP contribution in [-0.2, 0) is 6.42 Å². The molecular formula is C20H17ClFN3O. The van der Waals surface area contributed by atoms with Crippen molar-refractivity contribution in [3.8, 4) is 0 Å². The summed E-state index contributed by atoms with van der Waals surface area (Å²) in [7, 11) is 0. The van der Waals surface area contributed by atoms with Gasteiger partial charge in [-0.15, -0.1) is 0 Å². The number of halogens is 2. The summed E-state index contributed by atoms with van der Waals surface area (Å²) in [6.45, 7) is 0.747. The third-order valence-corrected chi connectivity index (χ3v) is 4.06. The molecule has 1 amide bonds. The summed E-state index contributed by atoms with van der Waals surface area (Å²) >= 11 is 5.71. The van der Waals surface area contributed by atoms with E-state index in [0.717, 1.165) is 13.0 Å². The van der Waals surface area contributed by atoms with Gasteiger partial charge in [-0.05, 0) is 42.3 Å². The molecule has 0 unspecified atom stereocenters. The van der Waals surface area contributed by atoms with E-state index in [1.54, 1.807) is 12.1 Å². The predicted molar refractivity (Wildman–Crippen MR) is 102 cm³/mol. The van der Waals surface area contributed by atoms with Crippen LogP contribution in [0.5, 0.6) is 0 Å². The standard InChI is InChI=1S/C20H17ClFN3O/c21-17-12-16(7-8-18(17)22)25-20(26)15-6-9-19(24-13-15)23-11-10-14-4-2-1-3-5-14/h1-9,12-13H,10-11H2,(H,23,24)(H,25,26). The van der Waals surface area contributed by atoms with Crippen LogP contribution < -0.4 is 10.6 Å². The molecule has 1 heterocycles. The van der Waals surface area contributed by atoms with Gasteiger partial charge in [-0.3, -0.25) is 4.79 Å². The zero-order chi connectivity index (χ0) is 18.4. The van der Waals surface area contributed by atoms with Crippen LogP contribution in [0.3, 0.4) is 0 Å². The van der Waals surface area contributed by atoms with Crippen LogP contribution in [0.4, 0.5) is 15.9 Å². The Morgan fingerprint density at radius 2 is 1.88 bits per heavy atom. The van der Waals surface area contributed by atoms with Gasteiger partial charge in [0.15, 0.2) is 0 Å². The van der Waals surface area contributed by atoms with Crippen molar-refractivity contribution in [2.24, 2.45) is 0 Å². The van der Waals surface area contributed by atoms with Gasteiger partial charge in [0.2, 0.25) is 0 Å². The quantitative estimate of drug-likeness (QED) is 0.657. The van der Waals surface area contributed by atoms with Gasteiger partial charge >= 0.3 is 0 Å². The molecule has 2 N–H and O–H groups in total. The Morgan fingerprint density at radius 3 is 2.58 bits per heavy atom. The third kappa shape index (κ3) is 4.80. The highest BCUT2D eigenvalue weighted by Crippen LogP contribution is 2.20. The van der Waals surface area contributed by atoms with Crippen molar-refractivity contribution in [3.05, 3.63) is 88.8 Å². The first kappa shape index (κ1) is 17.9. The zero-order valence-electron chi connectivity index (χ0n) is 13.9. The predicted octanol–water partition coefficient (Wildman–Crippen LogP) is 4.78. The first-order valence-corrected chi connectivity index (χ1v) is 8.50. The summed E-state index contributed by atoms with van der Waals surface area (Å²) in [4.78, 5) is 16.5. The monoisotopic (exact) mass is 369 g/mol. The molecule has 3 aromatic rings. The van der Waals surface area contributed by atoms with E-state index in [0.29, 0.717) is 17.1 Å². The smallest absolute Gasteiger partial charge is 0.257 e. The molecule has 0 aliphatic carbocycles. The molecule has 132 valence electrons. The number of carbonyl (C=O) groups excluding carboxylic acids is 1. The molecule has 0 saturated carbocycles. The minimum absolute atomic E-state index is 0.0427. The lowest BCUT2D eigenvalue weighted by molar-refractivity contribution is 0.102. The van der Waals surface area contributed by atoms with Crippen LogP contribution in [-0.4, -0.2) is 17.4 Å². The van der Waals surface area contributed by atoms with Crippen LogP contribution in [0.15, 0.2) is 66.9 Å². The van der Waals surface area contributed by atoms with Gasteiger partial charge in [0.25, 0.3) is 5.91 Å². The molecule has 0 aliphatic rings. The number of aromatic nitrogens is 1. The SMILES string of the molecule is O=C(Nc1ccc(F)c(Cl)c1)c1ccc(NCCc2ccccc2)nc1. The molecule has 26 heavy (non-hydrogen) atoms. The summed E-state index contributed by atoms with van der Waals surface area (Å²) in [5.74, 6) is -0.171. The van der Waals surface area contributed by atoms with Gasteiger partial charge in [-0.25, -0.2) is 9.37 Å². The summed E-state index contributed by atoms with van der Waals surface area (Å²) < 4.78 is 13.2. The highest BCUT2D eigenvalue weighted by atomic mass is 35.5. The normalized spacial score (nSPS) is 10.4. The Hall–Kier alpha value is -2.92. The van der Waals surface area contributed by atoms with Crippen LogP contribution in [0.25, 0.3) is 0 Å². The molecular weight excluding hydrogens is 353 g/mol. The summed E-state index contributed by atoms with van der Waals surface area (Å²) in [6.07, 6.45) is 2.38. The molecule has 6 heteroatoms. The fourth-order valence-electron chi connectivity index (χ4n) is 2.39. The molecule has 0 bridgehead atoms. The second kappa shape index (κ2) is 8.45. The maximum Gasteiger partial charge on any atom is 0.257 e. The van der Waals surface area contributed by atoms with E-state index < -0.39 is 5.82 Å². The number of nitrogens with zero attached hydrogens (tertiary/aromatic N) is 1. The van der Waals surface area contributed by atoms with Gasteiger partial charge < -0.3 is 10.6 Å². The van der Waals surface area contributed by atoms with Gasteiger partial charge in [-0.2, -0.15) is 0 Å². The Labute approximate surface area is 156 Å². The first-order valence-electron chi connectivity index (χ1n) is 8.12. The first-order chi connectivity index (χ1) is 12.6. The van der Waals surface area contributed by atoms with E-state index >= 15 is 0 Å². The van der Waals surface area contributed by atoms with E-state index in [-0.39, 0.29) is 10.9 Å². The number of benzene rings is 2. The third-order valence-electron chi connectivity index (χ3n) is 3.77. The molecule has 3 rings (SSSR count). The number of hydrogen-bond donors (Lipinski definition) is 2. The van der Waals surface area contributed by atoms with Crippen molar-refractivity contribution >= 4 is 29.0 Å². The average Bonchev–Trinajstić information content (AvgIpc) is 2.66. The van der Waals surface area contributed by atoms with E-state index in [2.05, 4.69) is 27.8 Å². The maximum atomic E-state index is 13.2. The minimum Gasteiger partial charge on any atom is -0.370 e. The highest BCUT2D eigenvalue weighted by molar-refractivity contribution is 6.31. The lowest BCUT2D eigenvalue weighted by Gasteiger charge is -2.08. The molecule has 0 saturated heterocycles. The van der Waals surface area contributed by atoms with E-state index in [1.807, 2.05) is 18.2 Å². The molecule has 1 aromatic heterocycles. The average molecular weight is 370 g/mol. The number of nitrogens with one attached hydrogen (secondary N) is 2. The van der Waals surface area contributed by atoms with Crippen LogP contribution >= 0.6 is 11.6 Å².